The summed E-state index contributed by atoms with van der Waals surface area (Å²) in [4.78, 5) is 12.7. The molecule has 5 heteroatoms. The number of aromatic nitrogens is 3. The van der Waals surface area contributed by atoms with Crippen LogP contribution in [0.3, 0.4) is 0 Å². The minimum atomic E-state index is -2.55. The van der Waals surface area contributed by atoms with Crippen molar-refractivity contribution >= 4 is 32.7 Å². The maximum atomic E-state index is 8.81. The molecule has 0 saturated heterocycles. The number of fused-ring (bicyclic) bond motifs is 5. The van der Waals surface area contributed by atoms with Crippen LogP contribution < -0.4 is 0 Å². The standard InChI is InChI=1S/C27H25N2O.C12H10N.Ir/c1-16-14-29-24(12-19(16)13-27(3,4)5)22-8-6-7-20-21-10-9-18-11-17(2)28-15-23(18)26(21)30-25(20)22;1-10-7-8-12(13-9-10)11-5-3-2-4-6-11;/h6-7,9-12,14-15H,13H2,1-5H3;2-5,7-9H,1H3;/q2*-1;/i1D3,2D3,13D2;1D3;. The second-order valence-corrected chi connectivity index (χ2v) is 11.1. The summed E-state index contributed by atoms with van der Waals surface area (Å²) in [6.45, 7) is -1.81. The third-order valence-corrected chi connectivity index (χ3v) is 6.72. The molecule has 223 valence electrons. The summed E-state index contributed by atoms with van der Waals surface area (Å²) in [5.74, 6) is 0. The Morgan fingerprint density at radius 1 is 0.773 bits per heavy atom. The Bertz CT molecular complexity index is 2470. The number of benzene rings is 3. The molecule has 0 aliphatic heterocycles. The number of hydrogen-bond acceptors (Lipinski definition) is 4. The van der Waals surface area contributed by atoms with Crippen LogP contribution in [0.5, 0.6) is 0 Å². The van der Waals surface area contributed by atoms with Crippen molar-refractivity contribution in [1.82, 2.24) is 15.0 Å². The van der Waals surface area contributed by atoms with Gasteiger partial charge in [-0.05, 0) is 66.3 Å². The average molecular weight is 765 g/mol. The SMILES string of the molecule is [2H]C([2H])([2H])c1cc2ccc3c4cc[c-]c(-c5cc(C([2H])([2H])C(C)(C)C)c(C([2H])([2H])[2H])cn5)c4oc3c2cn1.[2H]C([2H])([2H])c1ccc(-c2[c-]cccc2)nc1.[Ir]. The van der Waals surface area contributed by atoms with Gasteiger partial charge in [-0.15, -0.1) is 54.1 Å². The van der Waals surface area contributed by atoms with Crippen molar-refractivity contribution < 1.29 is 39.6 Å². The third-order valence-electron chi connectivity index (χ3n) is 6.72. The summed E-state index contributed by atoms with van der Waals surface area (Å²) >= 11 is 0. The second-order valence-electron chi connectivity index (χ2n) is 11.1. The van der Waals surface area contributed by atoms with Gasteiger partial charge < -0.3 is 14.4 Å². The number of furan rings is 1. The van der Waals surface area contributed by atoms with Gasteiger partial charge in [-0.3, -0.25) is 4.98 Å². The van der Waals surface area contributed by atoms with Gasteiger partial charge in [0.15, 0.2) is 0 Å². The van der Waals surface area contributed by atoms with Crippen molar-refractivity contribution in [1.29, 1.82) is 0 Å². The Morgan fingerprint density at radius 2 is 1.64 bits per heavy atom. The summed E-state index contributed by atoms with van der Waals surface area (Å²) in [5.41, 5.74) is 2.62. The van der Waals surface area contributed by atoms with Crippen LogP contribution in [0.1, 0.15) is 58.2 Å². The van der Waals surface area contributed by atoms with E-state index in [9.17, 15) is 0 Å². The Balaban J connectivity index is 0.000000286. The van der Waals surface area contributed by atoms with E-state index in [0.717, 1.165) is 22.0 Å². The molecular weight excluding hydrogens is 719 g/mol. The molecule has 4 aromatic heterocycles. The predicted molar refractivity (Wildman–Crippen MR) is 177 cm³/mol. The van der Waals surface area contributed by atoms with Gasteiger partial charge in [0.2, 0.25) is 0 Å². The molecule has 0 atom stereocenters. The zero-order chi connectivity index (χ0) is 39.4. The van der Waals surface area contributed by atoms with Gasteiger partial charge in [0.1, 0.15) is 5.58 Å². The van der Waals surface area contributed by atoms with Crippen molar-refractivity contribution in [3.63, 3.8) is 0 Å². The number of pyridine rings is 3. The molecule has 7 aromatic rings. The molecule has 0 amide bonds. The van der Waals surface area contributed by atoms with Crippen LogP contribution in [-0.2, 0) is 26.5 Å². The molecule has 0 unspecified atom stereocenters. The first-order chi connectivity index (χ1) is 25.1. The van der Waals surface area contributed by atoms with E-state index in [1.165, 1.54) is 30.7 Å². The smallest absolute Gasteiger partial charge is 0.130 e. The molecule has 3 aromatic carbocycles. The first-order valence-corrected chi connectivity index (χ1v) is 13.7. The van der Waals surface area contributed by atoms with E-state index in [4.69, 9.17) is 19.5 Å². The number of nitrogens with zero attached hydrogens (tertiary/aromatic N) is 3. The zero-order valence-electron chi connectivity index (χ0n) is 35.2. The van der Waals surface area contributed by atoms with Gasteiger partial charge in [0.05, 0.1) is 5.58 Å². The molecule has 0 fully saturated rings. The topological polar surface area (TPSA) is 51.8 Å². The fraction of sp³-hybridized carbons (Fsp3) is 0.205. The minimum absolute atomic E-state index is 0. The van der Waals surface area contributed by atoms with Crippen molar-refractivity contribution in [3.05, 3.63) is 126 Å². The van der Waals surface area contributed by atoms with E-state index in [1.54, 1.807) is 45.0 Å². The molecule has 0 spiro atoms. The monoisotopic (exact) mass is 765 g/mol. The second kappa shape index (κ2) is 12.8. The van der Waals surface area contributed by atoms with Gasteiger partial charge >= 0.3 is 0 Å². The molecule has 44 heavy (non-hydrogen) atoms. The van der Waals surface area contributed by atoms with E-state index < -0.39 is 32.3 Å². The van der Waals surface area contributed by atoms with Crippen molar-refractivity contribution in [2.24, 2.45) is 5.41 Å². The molecule has 0 N–H and O–H groups in total. The van der Waals surface area contributed by atoms with Gasteiger partial charge in [-0.1, -0.05) is 67.6 Å². The van der Waals surface area contributed by atoms with E-state index in [2.05, 4.69) is 27.1 Å². The van der Waals surface area contributed by atoms with Crippen molar-refractivity contribution in [2.75, 3.05) is 0 Å². The van der Waals surface area contributed by atoms with E-state index >= 15 is 0 Å². The Hall–Kier alpha value is -4.18. The average Bonchev–Trinajstić information content (AvgIpc) is 3.50. The van der Waals surface area contributed by atoms with Crippen LogP contribution in [0.25, 0.3) is 55.2 Å². The normalized spacial score (nSPS) is 16.2. The first kappa shape index (κ1) is 20.0. The molecule has 0 aliphatic carbocycles. The fourth-order valence-corrected chi connectivity index (χ4v) is 4.81. The summed E-state index contributed by atoms with van der Waals surface area (Å²) in [6.07, 6.45) is 2.12. The Morgan fingerprint density at radius 3 is 2.36 bits per heavy atom. The van der Waals surface area contributed by atoms with Crippen LogP contribution in [0.2, 0.25) is 0 Å². The molecule has 0 aliphatic rings. The molecule has 0 saturated carbocycles. The molecular formula is C39H35IrN3O-2. The Kier molecular flexibility index (Phi) is 5.82. The number of hydrogen-bond donors (Lipinski definition) is 0. The Labute approximate surface area is 288 Å². The maximum absolute atomic E-state index is 8.81. The summed E-state index contributed by atoms with van der Waals surface area (Å²) in [5, 5.41) is 2.87. The third kappa shape index (κ3) is 6.65. The van der Waals surface area contributed by atoms with Crippen LogP contribution in [-0.4, -0.2) is 15.0 Å². The summed E-state index contributed by atoms with van der Waals surface area (Å²) in [7, 11) is 0. The van der Waals surface area contributed by atoms with Crippen LogP contribution in [0.15, 0.2) is 95.8 Å². The molecule has 7 rings (SSSR count). The van der Waals surface area contributed by atoms with Crippen LogP contribution in [0.4, 0.5) is 0 Å². The fourth-order valence-electron chi connectivity index (χ4n) is 4.81. The first-order valence-electron chi connectivity index (χ1n) is 19.2. The van der Waals surface area contributed by atoms with Crippen molar-refractivity contribution in [3.8, 4) is 22.5 Å². The van der Waals surface area contributed by atoms with Crippen molar-refractivity contribution in [2.45, 2.75) is 47.7 Å². The van der Waals surface area contributed by atoms with Gasteiger partial charge in [0.25, 0.3) is 0 Å². The summed E-state index contributed by atoms with van der Waals surface area (Å²) in [6, 6.07) is 27.1. The van der Waals surface area contributed by atoms with Crippen LogP contribution >= 0.6 is 0 Å². The van der Waals surface area contributed by atoms with Gasteiger partial charge in [0, 0.05) is 70.2 Å². The quantitative estimate of drug-likeness (QED) is 0.168. The molecule has 1 radical (unpaired) electrons. The van der Waals surface area contributed by atoms with E-state index in [-0.39, 0.29) is 42.5 Å². The molecule has 4 nitrogen and oxygen atoms in total. The predicted octanol–water partition coefficient (Wildman–Crippen LogP) is 10.1. The molecule has 4 heterocycles. The van der Waals surface area contributed by atoms with Gasteiger partial charge in [-0.25, -0.2) is 0 Å². The molecule has 0 bridgehead atoms. The van der Waals surface area contributed by atoms with Crippen LogP contribution in [0, 0.1) is 38.1 Å². The summed E-state index contributed by atoms with van der Waals surface area (Å²) < 4.78 is 92.5. The number of aryl methyl sites for hydroxylation is 3. The zero-order valence-corrected chi connectivity index (χ0v) is 26.6. The number of rotatable bonds is 3. The maximum Gasteiger partial charge on any atom is 0.130 e. The largest absolute Gasteiger partial charge is 0.500 e. The minimum Gasteiger partial charge on any atom is -0.500 e. The van der Waals surface area contributed by atoms with E-state index in [0.29, 0.717) is 33.2 Å². The van der Waals surface area contributed by atoms with E-state index in [1.807, 2.05) is 36.4 Å². The van der Waals surface area contributed by atoms with Gasteiger partial charge in [-0.2, -0.15) is 0 Å².